The number of nitrogens with one attached hydrogen (secondary N) is 1. The summed E-state index contributed by atoms with van der Waals surface area (Å²) in [4.78, 5) is 36.6. The van der Waals surface area contributed by atoms with Gasteiger partial charge in [-0.05, 0) is 37.1 Å². The van der Waals surface area contributed by atoms with E-state index in [9.17, 15) is 9.59 Å². The van der Waals surface area contributed by atoms with Crippen LogP contribution in [-0.2, 0) is 4.79 Å². The molecule has 1 N–H and O–H groups in total. The Balaban J connectivity index is 1.58. The minimum absolute atomic E-state index is 0.0541. The first-order valence-electron chi connectivity index (χ1n) is 10.5. The molecule has 0 bridgehead atoms. The molecule has 3 heterocycles. The molecule has 0 radical (unpaired) electrons. The zero-order valence-electron chi connectivity index (χ0n) is 17.6. The highest BCUT2D eigenvalue weighted by atomic mass is 16.2. The van der Waals surface area contributed by atoms with Crippen LogP contribution in [0.1, 0.15) is 12.8 Å². The highest BCUT2D eigenvalue weighted by Gasteiger charge is 2.54. The number of aromatic nitrogens is 1. The molecule has 3 amide bonds. The molecule has 2 saturated heterocycles. The van der Waals surface area contributed by atoms with Gasteiger partial charge in [0.05, 0.1) is 5.41 Å². The predicted octanol–water partition coefficient (Wildman–Crippen LogP) is 2.92. The summed E-state index contributed by atoms with van der Waals surface area (Å²) < 4.78 is 0. The molecule has 2 aliphatic heterocycles. The Morgan fingerprint density at radius 3 is 2.57 bits per heavy atom. The van der Waals surface area contributed by atoms with E-state index >= 15 is 0 Å². The molecule has 158 valence electrons. The Morgan fingerprint density at radius 2 is 1.87 bits per heavy atom. The molecule has 1 aromatic carbocycles. The Morgan fingerprint density at radius 1 is 1.10 bits per heavy atom. The van der Waals surface area contributed by atoms with Crippen molar-refractivity contribution in [2.24, 2.45) is 11.3 Å². The van der Waals surface area contributed by atoms with Crippen molar-refractivity contribution in [2.75, 3.05) is 50.5 Å². The molecule has 2 aliphatic rings. The Hall–Kier alpha value is -3.09. The van der Waals surface area contributed by atoms with Gasteiger partial charge in [0, 0.05) is 58.1 Å². The third kappa shape index (κ3) is 3.84. The number of hydrogen-bond donors (Lipinski definition) is 1. The average molecular weight is 408 g/mol. The minimum atomic E-state index is -0.497. The summed E-state index contributed by atoms with van der Waals surface area (Å²) in [5.74, 6) is 1.09. The molecule has 0 spiro atoms. The van der Waals surface area contributed by atoms with Gasteiger partial charge < -0.3 is 20.0 Å². The van der Waals surface area contributed by atoms with Crippen LogP contribution in [0.2, 0.25) is 0 Å². The van der Waals surface area contributed by atoms with Gasteiger partial charge in [0.15, 0.2) is 0 Å². The number of carbonyl (C=O) groups is 2. The molecule has 0 unspecified atom stereocenters. The lowest BCUT2D eigenvalue weighted by atomic mass is 9.74. The Kier molecular flexibility index (Phi) is 5.61. The zero-order valence-corrected chi connectivity index (χ0v) is 17.6. The number of benzene rings is 1. The Bertz CT molecular complexity index is 889. The molecule has 0 saturated carbocycles. The van der Waals surface area contributed by atoms with Crippen molar-refractivity contribution in [1.82, 2.24) is 14.8 Å². The van der Waals surface area contributed by atoms with Gasteiger partial charge in [-0.15, -0.1) is 0 Å². The molecular formula is C23H29N5O2. The maximum atomic E-state index is 13.4. The van der Waals surface area contributed by atoms with Crippen LogP contribution in [-0.4, -0.2) is 67.0 Å². The van der Waals surface area contributed by atoms with Gasteiger partial charge in [0.2, 0.25) is 5.91 Å². The largest absolute Gasteiger partial charge is 0.355 e. The quantitative estimate of drug-likeness (QED) is 0.850. The monoisotopic (exact) mass is 407 g/mol. The van der Waals surface area contributed by atoms with Gasteiger partial charge in [0.1, 0.15) is 5.82 Å². The summed E-state index contributed by atoms with van der Waals surface area (Å²) in [6.45, 7) is 2.56. The number of hydrogen-bond acceptors (Lipinski definition) is 4. The van der Waals surface area contributed by atoms with Crippen molar-refractivity contribution in [3.8, 4) is 0 Å². The molecule has 2 aromatic rings. The summed E-state index contributed by atoms with van der Waals surface area (Å²) >= 11 is 0. The van der Waals surface area contributed by atoms with Crippen molar-refractivity contribution >= 4 is 23.4 Å². The lowest BCUT2D eigenvalue weighted by molar-refractivity contribution is -0.141. The first kappa shape index (κ1) is 20.2. The van der Waals surface area contributed by atoms with Crippen LogP contribution in [0.25, 0.3) is 0 Å². The van der Waals surface area contributed by atoms with Crippen molar-refractivity contribution in [2.45, 2.75) is 12.8 Å². The van der Waals surface area contributed by atoms with Crippen molar-refractivity contribution in [1.29, 1.82) is 0 Å². The summed E-state index contributed by atoms with van der Waals surface area (Å²) in [5, 5.41) is 2.99. The fraction of sp³-hybridized carbons (Fsp3) is 0.435. The first-order valence-corrected chi connectivity index (χ1v) is 10.5. The van der Waals surface area contributed by atoms with E-state index in [4.69, 9.17) is 0 Å². The van der Waals surface area contributed by atoms with E-state index in [1.807, 2.05) is 67.5 Å². The normalized spacial score (nSPS) is 23.5. The molecule has 0 aliphatic carbocycles. The minimum Gasteiger partial charge on any atom is -0.355 e. The van der Waals surface area contributed by atoms with E-state index in [1.165, 1.54) is 0 Å². The SMILES string of the molecule is CN(C)C(=O)[C@@]12CCCN(C(=O)Nc3ccccc3)C[C@@H]1CN(c1ccccn1)C2. The second-order valence-corrected chi connectivity index (χ2v) is 8.47. The van der Waals surface area contributed by atoms with Crippen LogP contribution in [0, 0.1) is 11.3 Å². The van der Waals surface area contributed by atoms with Crippen LogP contribution in [0.3, 0.4) is 0 Å². The zero-order chi connectivity index (χ0) is 21.1. The first-order chi connectivity index (χ1) is 14.5. The molecule has 7 nitrogen and oxygen atoms in total. The van der Waals surface area contributed by atoms with Crippen LogP contribution >= 0.6 is 0 Å². The van der Waals surface area contributed by atoms with E-state index in [0.29, 0.717) is 26.2 Å². The number of pyridine rings is 1. The number of anilines is 2. The number of likely N-dealkylation sites (tertiary alicyclic amines) is 1. The predicted molar refractivity (Wildman–Crippen MR) is 117 cm³/mol. The van der Waals surface area contributed by atoms with Gasteiger partial charge in [-0.2, -0.15) is 0 Å². The molecule has 2 fully saturated rings. The van der Waals surface area contributed by atoms with Crippen molar-refractivity contribution in [3.63, 3.8) is 0 Å². The van der Waals surface area contributed by atoms with Crippen LogP contribution < -0.4 is 10.2 Å². The number of rotatable bonds is 3. The number of fused-ring (bicyclic) bond motifs is 1. The highest BCUT2D eigenvalue weighted by molar-refractivity contribution is 5.90. The van der Waals surface area contributed by atoms with Crippen LogP contribution in [0.4, 0.5) is 16.3 Å². The number of para-hydroxylation sites is 1. The van der Waals surface area contributed by atoms with E-state index in [2.05, 4.69) is 15.2 Å². The van der Waals surface area contributed by atoms with E-state index in [1.54, 1.807) is 11.1 Å². The standard InChI is InChI=1S/C23H29N5O2/c1-26(2)21(29)23-12-8-14-27(22(30)25-19-9-4-3-5-10-19)15-18(23)16-28(17-23)20-11-6-7-13-24-20/h3-7,9-11,13,18H,8,12,14-17H2,1-2H3,(H,25,30)/t18-,23-/m1/s1. The molecule has 2 atom stereocenters. The fourth-order valence-corrected chi connectivity index (χ4v) is 4.85. The maximum absolute atomic E-state index is 13.4. The second-order valence-electron chi connectivity index (χ2n) is 8.47. The Labute approximate surface area is 177 Å². The fourth-order valence-electron chi connectivity index (χ4n) is 4.85. The number of nitrogens with zero attached hydrogens (tertiary/aromatic N) is 4. The van der Waals surface area contributed by atoms with Crippen LogP contribution in [0.5, 0.6) is 0 Å². The summed E-state index contributed by atoms with van der Waals surface area (Å²) in [7, 11) is 3.64. The van der Waals surface area contributed by atoms with Gasteiger partial charge >= 0.3 is 6.03 Å². The third-order valence-electron chi connectivity index (χ3n) is 6.30. The second kappa shape index (κ2) is 8.34. The number of carbonyl (C=O) groups excluding carboxylic acids is 2. The molecule has 30 heavy (non-hydrogen) atoms. The van der Waals surface area contributed by atoms with Crippen LogP contribution in [0.15, 0.2) is 54.7 Å². The average Bonchev–Trinajstić information content (AvgIpc) is 3.03. The van der Waals surface area contributed by atoms with E-state index in [-0.39, 0.29) is 17.9 Å². The summed E-state index contributed by atoms with van der Waals surface area (Å²) in [5.41, 5.74) is 0.284. The van der Waals surface area contributed by atoms with Crippen molar-refractivity contribution in [3.05, 3.63) is 54.7 Å². The lowest BCUT2D eigenvalue weighted by Gasteiger charge is -2.34. The topological polar surface area (TPSA) is 68.8 Å². The van der Waals surface area contributed by atoms with Gasteiger partial charge in [-0.1, -0.05) is 24.3 Å². The van der Waals surface area contributed by atoms with E-state index in [0.717, 1.165) is 24.3 Å². The summed E-state index contributed by atoms with van der Waals surface area (Å²) in [6.07, 6.45) is 3.35. The molecule has 1 aromatic heterocycles. The molecule has 7 heteroatoms. The molecular weight excluding hydrogens is 378 g/mol. The lowest BCUT2D eigenvalue weighted by Crippen LogP contribution is -2.48. The van der Waals surface area contributed by atoms with Gasteiger partial charge in [-0.25, -0.2) is 9.78 Å². The smallest absolute Gasteiger partial charge is 0.321 e. The van der Waals surface area contributed by atoms with Crippen molar-refractivity contribution < 1.29 is 9.59 Å². The number of urea groups is 1. The van der Waals surface area contributed by atoms with E-state index < -0.39 is 5.41 Å². The maximum Gasteiger partial charge on any atom is 0.321 e. The third-order valence-corrected chi connectivity index (χ3v) is 6.30. The van der Waals surface area contributed by atoms with Gasteiger partial charge in [0.25, 0.3) is 0 Å². The summed E-state index contributed by atoms with van der Waals surface area (Å²) in [6, 6.07) is 15.2. The number of amides is 3. The highest BCUT2D eigenvalue weighted by Crippen LogP contribution is 2.45. The molecule has 4 rings (SSSR count). The van der Waals surface area contributed by atoms with Gasteiger partial charge in [-0.3, -0.25) is 4.79 Å².